The molecule has 1 aromatic heterocycles. The lowest BCUT2D eigenvalue weighted by Crippen LogP contribution is -2.25. The molecule has 0 unspecified atom stereocenters. The van der Waals surface area contributed by atoms with Gasteiger partial charge in [0.15, 0.2) is 0 Å². The lowest BCUT2D eigenvalue weighted by Gasteiger charge is -2.22. The number of nitrogens with zero attached hydrogens (tertiary/aromatic N) is 4. The summed E-state index contributed by atoms with van der Waals surface area (Å²) in [6.07, 6.45) is 6.46. The number of hydrogen-bond acceptors (Lipinski definition) is 6. The van der Waals surface area contributed by atoms with Crippen LogP contribution in [0.5, 0.6) is 5.75 Å². The predicted octanol–water partition coefficient (Wildman–Crippen LogP) is 7.99. The molecule has 1 aliphatic carbocycles. The molecule has 200 valence electrons. The molecule has 5 rings (SSSR count). The zero-order valence-electron chi connectivity index (χ0n) is 20.6. The Bertz CT molecular complexity index is 1630. The molecule has 8 nitrogen and oxygen atoms in total. The van der Waals surface area contributed by atoms with Gasteiger partial charge in [0, 0.05) is 31.5 Å². The van der Waals surface area contributed by atoms with Gasteiger partial charge in [0.05, 0.1) is 22.0 Å². The molecule has 39 heavy (non-hydrogen) atoms. The first-order valence-corrected chi connectivity index (χ1v) is 14.4. The van der Waals surface area contributed by atoms with Gasteiger partial charge in [0.1, 0.15) is 12.4 Å². The standard InChI is InChI=1S/C28H23Br2ClN4O4/c29-20-8-6-17(7-9-20)16-39-26-19(12-22(31)14-25(26)35(37)38)15-32-34-27(18-4-2-1-3-5-18)33-24-11-10-21(30)13-23(24)28(34)36/h6-15,18H,1-5,16H2. The quantitative estimate of drug-likeness (QED) is 0.112. The van der Waals surface area contributed by atoms with E-state index in [-0.39, 0.29) is 40.1 Å². The summed E-state index contributed by atoms with van der Waals surface area (Å²) in [5, 5.41) is 17.0. The van der Waals surface area contributed by atoms with Crippen molar-refractivity contribution >= 4 is 66.3 Å². The first-order valence-electron chi connectivity index (χ1n) is 12.4. The van der Waals surface area contributed by atoms with E-state index in [2.05, 4.69) is 37.0 Å². The molecule has 4 aromatic rings. The molecule has 3 aromatic carbocycles. The van der Waals surface area contributed by atoms with E-state index in [1.54, 1.807) is 6.07 Å². The largest absolute Gasteiger partial charge is 0.481 e. The highest BCUT2D eigenvalue weighted by Crippen LogP contribution is 2.35. The fraction of sp³-hybridized carbons (Fsp3) is 0.250. The molecule has 0 saturated heterocycles. The van der Waals surface area contributed by atoms with Gasteiger partial charge in [0.25, 0.3) is 5.56 Å². The van der Waals surface area contributed by atoms with E-state index in [9.17, 15) is 14.9 Å². The Labute approximate surface area is 246 Å². The molecular weight excluding hydrogens is 652 g/mol. The topological polar surface area (TPSA) is 99.6 Å². The SMILES string of the molecule is O=c1c2cc(Br)ccc2nc(C2CCCCC2)n1N=Cc1cc(Cl)cc([N+](=O)[O-])c1OCc1ccc(Br)cc1. The van der Waals surface area contributed by atoms with Gasteiger partial charge in [-0.15, -0.1) is 0 Å². The number of aromatic nitrogens is 2. The highest BCUT2D eigenvalue weighted by atomic mass is 79.9. The maximum atomic E-state index is 13.6. The van der Waals surface area contributed by atoms with Crippen molar-refractivity contribution in [3.8, 4) is 5.75 Å². The summed E-state index contributed by atoms with van der Waals surface area (Å²) in [5.41, 5.74) is 1.10. The lowest BCUT2D eigenvalue weighted by atomic mass is 9.88. The molecule has 0 spiro atoms. The van der Waals surface area contributed by atoms with E-state index in [0.717, 1.165) is 46.6 Å². The molecule has 0 radical (unpaired) electrons. The minimum Gasteiger partial charge on any atom is -0.481 e. The highest BCUT2D eigenvalue weighted by molar-refractivity contribution is 9.10. The zero-order valence-corrected chi connectivity index (χ0v) is 24.6. The van der Waals surface area contributed by atoms with Crippen LogP contribution in [-0.2, 0) is 6.61 Å². The van der Waals surface area contributed by atoms with Crippen LogP contribution in [0, 0.1) is 10.1 Å². The number of benzene rings is 3. The maximum absolute atomic E-state index is 13.6. The van der Waals surface area contributed by atoms with Gasteiger partial charge >= 0.3 is 5.69 Å². The number of hydrogen-bond donors (Lipinski definition) is 0. The Hall–Kier alpha value is -3.08. The summed E-state index contributed by atoms with van der Waals surface area (Å²) in [5.74, 6) is 0.679. The highest BCUT2D eigenvalue weighted by Gasteiger charge is 2.24. The van der Waals surface area contributed by atoms with Gasteiger partial charge in [-0.2, -0.15) is 9.78 Å². The molecule has 0 bridgehead atoms. The Kier molecular flexibility index (Phi) is 8.44. The fourth-order valence-electron chi connectivity index (χ4n) is 4.75. The van der Waals surface area contributed by atoms with Crippen LogP contribution in [0.4, 0.5) is 5.69 Å². The Morgan fingerprint density at radius 2 is 1.79 bits per heavy atom. The van der Waals surface area contributed by atoms with Crippen molar-refractivity contribution in [2.24, 2.45) is 5.10 Å². The number of halogens is 3. The van der Waals surface area contributed by atoms with E-state index in [4.69, 9.17) is 21.3 Å². The van der Waals surface area contributed by atoms with Crippen molar-refractivity contribution in [1.82, 2.24) is 9.66 Å². The van der Waals surface area contributed by atoms with Crippen LogP contribution >= 0.6 is 43.5 Å². The summed E-state index contributed by atoms with van der Waals surface area (Å²) in [6.45, 7) is 0.0927. The van der Waals surface area contributed by atoms with E-state index in [0.29, 0.717) is 16.7 Å². The molecule has 0 amide bonds. The van der Waals surface area contributed by atoms with Crippen molar-refractivity contribution in [3.63, 3.8) is 0 Å². The van der Waals surface area contributed by atoms with Crippen molar-refractivity contribution in [1.29, 1.82) is 0 Å². The Morgan fingerprint density at radius 1 is 1.08 bits per heavy atom. The molecule has 0 N–H and O–H groups in total. The number of fused-ring (bicyclic) bond motifs is 1. The van der Waals surface area contributed by atoms with Gasteiger partial charge in [0.2, 0.25) is 5.75 Å². The monoisotopic (exact) mass is 672 g/mol. The van der Waals surface area contributed by atoms with Crippen LogP contribution in [0.25, 0.3) is 10.9 Å². The molecular formula is C28H23Br2ClN4O4. The van der Waals surface area contributed by atoms with Crippen LogP contribution in [0.15, 0.2) is 73.4 Å². The van der Waals surface area contributed by atoms with Crippen LogP contribution in [0.1, 0.15) is 55.0 Å². The summed E-state index contributed by atoms with van der Waals surface area (Å²) < 4.78 is 8.92. The third kappa shape index (κ3) is 6.23. The van der Waals surface area contributed by atoms with E-state index in [1.807, 2.05) is 36.4 Å². The van der Waals surface area contributed by atoms with Crippen molar-refractivity contribution in [2.45, 2.75) is 44.6 Å². The zero-order chi connectivity index (χ0) is 27.5. The average molecular weight is 675 g/mol. The first-order chi connectivity index (χ1) is 18.8. The predicted molar refractivity (Wildman–Crippen MR) is 159 cm³/mol. The second-order valence-corrected chi connectivity index (χ2v) is 11.6. The normalized spacial score (nSPS) is 14.2. The summed E-state index contributed by atoms with van der Waals surface area (Å²) >= 11 is 13.1. The van der Waals surface area contributed by atoms with Gasteiger partial charge in [-0.05, 0) is 54.8 Å². The van der Waals surface area contributed by atoms with Gasteiger partial charge in [-0.1, -0.05) is 74.9 Å². The molecule has 11 heteroatoms. The number of nitro groups is 1. The first kappa shape index (κ1) is 27.5. The number of nitro benzene ring substituents is 1. The van der Waals surface area contributed by atoms with E-state index in [1.165, 1.54) is 23.0 Å². The molecule has 1 aliphatic rings. The summed E-state index contributed by atoms with van der Waals surface area (Å²) in [4.78, 5) is 29.8. The fourth-order valence-corrected chi connectivity index (χ4v) is 5.59. The summed E-state index contributed by atoms with van der Waals surface area (Å²) in [7, 11) is 0. The minimum absolute atomic E-state index is 0.0137. The van der Waals surface area contributed by atoms with Crippen molar-refractivity contribution in [2.75, 3.05) is 0 Å². The Balaban J connectivity index is 1.61. The molecule has 0 aliphatic heterocycles. The molecule has 1 heterocycles. The molecule has 1 saturated carbocycles. The second-order valence-electron chi connectivity index (χ2n) is 9.34. The average Bonchev–Trinajstić information content (AvgIpc) is 2.93. The van der Waals surface area contributed by atoms with Crippen LogP contribution < -0.4 is 10.3 Å². The van der Waals surface area contributed by atoms with Crippen LogP contribution in [-0.4, -0.2) is 20.8 Å². The third-order valence-corrected chi connectivity index (χ3v) is 7.91. The van der Waals surface area contributed by atoms with Crippen LogP contribution in [0.3, 0.4) is 0 Å². The maximum Gasteiger partial charge on any atom is 0.313 e. The summed E-state index contributed by atoms with van der Waals surface area (Å²) in [6, 6.07) is 15.6. The second kappa shape index (κ2) is 12.0. The Morgan fingerprint density at radius 3 is 2.51 bits per heavy atom. The third-order valence-electron chi connectivity index (χ3n) is 6.67. The van der Waals surface area contributed by atoms with Gasteiger partial charge in [-0.25, -0.2) is 4.98 Å². The van der Waals surface area contributed by atoms with E-state index < -0.39 is 4.92 Å². The smallest absolute Gasteiger partial charge is 0.313 e. The number of ether oxygens (including phenoxy) is 1. The van der Waals surface area contributed by atoms with Crippen molar-refractivity contribution in [3.05, 3.63) is 106 Å². The minimum atomic E-state index is -0.547. The van der Waals surface area contributed by atoms with Crippen molar-refractivity contribution < 1.29 is 9.66 Å². The van der Waals surface area contributed by atoms with Gasteiger partial charge < -0.3 is 4.74 Å². The van der Waals surface area contributed by atoms with Crippen LogP contribution in [0.2, 0.25) is 5.02 Å². The molecule has 0 atom stereocenters. The molecule has 1 fully saturated rings. The lowest BCUT2D eigenvalue weighted by molar-refractivity contribution is -0.385. The van der Waals surface area contributed by atoms with Gasteiger partial charge in [-0.3, -0.25) is 14.9 Å². The van der Waals surface area contributed by atoms with E-state index >= 15 is 0 Å². The number of rotatable bonds is 7.